The molecule has 0 spiro atoms. The van der Waals surface area contributed by atoms with E-state index in [0.29, 0.717) is 5.95 Å². The van der Waals surface area contributed by atoms with Crippen LogP contribution in [0.3, 0.4) is 0 Å². The second-order valence-corrected chi connectivity index (χ2v) is 16.1. The van der Waals surface area contributed by atoms with Crippen LogP contribution in [0, 0.1) is 0 Å². The first kappa shape index (κ1) is 34.5. The summed E-state index contributed by atoms with van der Waals surface area (Å²) in [5.74, 6) is 0.632. The predicted molar refractivity (Wildman–Crippen MR) is 258 cm³/mol. The summed E-state index contributed by atoms with van der Waals surface area (Å²) < 4.78 is 8.55. The molecule has 0 aliphatic heterocycles. The first-order chi connectivity index (χ1) is 30.7. The van der Waals surface area contributed by atoms with E-state index in [1.165, 1.54) is 27.5 Å². The monoisotopic (exact) mass is 789 g/mol. The Hall–Kier alpha value is -8.34. The minimum atomic E-state index is 0.632. The topological polar surface area (TPSA) is 43.9 Å². The lowest BCUT2D eigenvalue weighted by Crippen LogP contribution is -2.04. The Bertz CT molecular complexity index is 3930. The van der Waals surface area contributed by atoms with Crippen LogP contribution >= 0.6 is 0 Å². The Morgan fingerprint density at radius 2 is 0.952 bits per heavy atom. The van der Waals surface area contributed by atoms with E-state index in [9.17, 15) is 0 Å². The molecular formula is C58H35N3O. The number of furan rings is 1. The third-order valence-electron chi connectivity index (χ3n) is 12.6. The van der Waals surface area contributed by atoms with Crippen molar-refractivity contribution in [2.45, 2.75) is 0 Å². The van der Waals surface area contributed by atoms with Crippen LogP contribution in [0.25, 0.3) is 127 Å². The van der Waals surface area contributed by atoms with Gasteiger partial charge >= 0.3 is 0 Å². The van der Waals surface area contributed by atoms with Crippen molar-refractivity contribution in [1.82, 2.24) is 14.5 Å². The van der Waals surface area contributed by atoms with Crippen molar-refractivity contribution in [1.29, 1.82) is 0 Å². The molecule has 10 aromatic carbocycles. The highest BCUT2D eigenvalue weighted by molar-refractivity contribution is 6.16. The van der Waals surface area contributed by atoms with Gasteiger partial charge in [-0.2, -0.15) is 0 Å². The maximum atomic E-state index is 6.30. The largest absolute Gasteiger partial charge is 0.456 e. The first-order valence-electron chi connectivity index (χ1n) is 21.1. The van der Waals surface area contributed by atoms with Gasteiger partial charge in [0.15, 0.2) is 0 Å². The van der Waals surface area contributed by atoms with Crippen LogP contribution in [0.5, 0.6) is 0 Å². The molecule has 4 heteroatoms. The molecule has 0 amide bonds. The zero-order chi connectivity index (χ0) is 40.7. The number of hydrogen-bond donors (Lipinski definition) is 0. The van der Waals surface area contributed by atoms with Crippen LogP contribution in [-0.4, -0.2) is 14.5 Å². The highest BCUT2D eigenvalue weighted by atomic mass is 16.3. The van der Waals surface area contributed by atoms with Crippen molar-refractivity contribution in [3.05, 3.63) is 212 Å². The summed E-state index contributed by atoms with van der Waals surface area (Å²) in [5, 5.41) is 10.2. The summed E-state index contributed by atoms with van der Waals surface area (Å²) >= 11 is 0. The van der Waals surface area contributed by atoms with Gasteiger partial charge in [0, 0.05) is 37.9 Å². The molecule has 62 heavy (non-hydrogen) atoms. The van der Waals surface area contributed by atoms with Crippen LogP contribution in [0.2, 0.25) is 0 Å². The number of benzene rings is 10. The summed E-state index contributed by atoms with van der Waals surface area (Å²) in [5.41, 5.74) is 13.7. The van der Waals surface area contributed by atoms with Crippen molar-refractivity contribution in [3.63, 3.8) is 0 Å². The second kappa shape index (κ2) is 13.6. The van der Waals surface area contributed by atoms with Gasteiger partial charge in [-0.1, -0.05) is 170 Å². The van der Waals surface area contributed by atoms with Crippen LogP contribution in [0.4, 0.5) is 0 Å². The smallest absolute Gasteiger partial charge is 0.235 e. The van der Waals surface area contributed by atoms with E-state index < -0.39 is 0 Å². The van der Waals surface area contributed by atoms with Crippen LogP contribution in [0.1, 0.15) is 0 Å². The van der Waals surface area contributed by atoms with Crippen LogP contribution in [0.15, 0.2) is 217 Å². The quantitative estimate of drug-likeness (QED) is 0.163. The molecule has 3 aromatic heterocycles. The predicted octanol–water partition coefficient (Wildman–Crippen LogP) is 15.6. The number of aromatic nitrogens is 3. The molecule has 0 atom stereocenters. The Morgan fingerprint density at radius 3 is 1.82 bits per heavy atom. The third kappa shape index (κ3) is 5.27. The first-order valence-corrected chi connectivity index (χ1v) is 21.1. The lowest BCUT2D eigenvalue weighted by Gasteiger charge is -2.15. The maximum Gasteiger partial charge on any atom is 0.235 e. The van der Waals surface area contributed by atoms with Gasteiger partial charge < -0.3 is 4.42 Å². The number of rotatable bonds is 5. The molecule has 4 nitrogen and oxygen atoms in total. The highest BCUT2D eigenvalue weighted by Crippen LogP contribution is 2.42. The standard InChI is InChI=1S/C58H35N3O/c1-2-14-36(15-3-1)42-24-11-17-38-18-12-25-43(54(38)42)39-19-10-20-41(34-39)56-48-32-30-37-16-4-5-21-45(37)57(48)60-58(59-56)61-50-27-8-6-22-46(50)49-35-40(31-33-51(49)61)44-26-13-29-53-55(44)47-23-7-9-28-52(47)62-53/h1-35H. The number of para-hydroxylation sites is 2. The average Bonchev–Trinajstić information content (AvgIpc) is 3.89. The Balaban J connectivity index is 1.04. The van der Waals surface area contributed by atoms with E-state index in [2.05, 4.69) is 205 Å². The summed E-state index contributed by atoms with van der Waals surface area (Å²) in [6.45, 7) is 0. The molecule has 0 fully saturated rings. The van der Waals surface area contributed by atoms with E-state index in [1.54, 1.807) is 0 Å². The molecule has 0 aliphatic carbocycles. The van der Waals surface area contributed by atoms with Crippen molar-refractivity contribution in [2.75, 3.05) is 0 Å². The fraction of sp³-hybridized carbons (Fsp3) is 0. The van der Waals surface area contributed by atoms with E-state index in [-0.39, 0.29) is 0 Å². The summed E-state index contributed by atoms with van der Waals surface area (Å²) in [4.78, 5) is 11.1. The summed E-state index contributed by atoms with van der Waals surface area (Å²) in [7, 11) is 0. The van der Waals surface area contributed by atoms with Crippen molar-refractivity contribution in [2.24, 2.45) is 0 Å². The van der Waals surface area contributed by atoms with E-state index in [4.69, 9.17) is 14.4 Å². The maximum absolute atomic E-state index is 6.30. The lowest BCUT2D eigenvalue weighted by molar-refractivity contribution is 0.669. The van der Waals surface area contributed by atoms with Gasteiger partial charge in [0.25, 0.3) is 0 Å². The normalized spacial score (nSPS) is 11.9. The second-order valence-electron chi connectivity index (χ2n) is 16.1. The van der Waals surface area contributed by atoms with E-state index in [1.807, 2.05) is 12.1 Å². The van der Waals surface area contributed by atoms with E-state index in [0.717, 1.165) is 93.4 Å². The fourth-order valence-corrected chi connectivity index (χ4v) is 9.82. The average molecular weight is 790 g/mol. The van der Waals surface area contributed by atoms with Crippen molar-refractivity contribution in [3.8, 4) is 50.6 Å². The molecule has 3 heterocycles. The van der Waals surface area contributed by atoms with Gasteiger partial charge in [0.2, 0.25) is 5.95 Å². The fourth-order valence-electron chi connectivity index (χ4n) is 9.82. The molecular weight excluding hydrogens is 755 g/mol. The van der Waals surface area contributed by atoms with Gasteiger partial charge in [-0.25, -0.2) is 9.97 Å². The molecule has 288 valence electrons. The zero-order valence-corrected chi connectivity index (χ0v) is 33.5. The van der Waals surface area contributed by atoms with Crippen LogP contribution in [-0.2, 0) is 0 Å². The van der Waals surface area contributed by atoms with Gasteiger partial charge in [-0.3, -0.25) is 4.57 Å². The Morgan fingerprint density at radius 1 is 0.339 bits per heavy atom. The van der Waals surface area contributed by atoms with Crippen LogP contribution < -0.4 is 0 Å². The Kier molecular flexibility index (Phi) is 7.57. The van der Waals surface area contributed by atoms with Gasteiger partial charge in [-0.15, -0.1) is 0 Å². The molecule has 13 rings (SSSR count). The minimum absolute atomic E-state index is 0.632. The molecule has 0 radical (unpaired) electrons. The lowest BCUT2D eigenvalue weighted by atomic mass is 9.90. The van der Waals surface area contributed by atoms with Crippen molar-refractivity contribution >= 4 is 76.2 Å². The number of hydrogen-bond acceptors (Lipinski definition) is 3. The highest BCUT2D eigenvalue weighted by Gasteiger charge is 2.21. The number of fused-ring (bicyclic) bond motifs is 10. The van der Waals surface area contributed by atoms with Gasteiger partial charge in [0.1, 0.15) is 11.2 Å². The van der Waals surface area contributed by atoms with Crippen molar-refractivity contribution < 1.29 is 4.42 Å². The van der Waals surface area contributed by atoms with Gasteiger partial charge in [-0.05, 0) is 92.0 Å². The van der Waals surface area contributed by atoms with Gasteiger partial charge in [0.05, 0.1) is 22.2 Å². The molecule has 0 bridgehead atoms. The summed E-state index contributed by atoms with van der Waals surface area (Å²) in [6, 6.07) is 75.7. The Labute approximate surface area is 356 Å². The summed E-state index contributed by atoms with van der Waals surface area (Å²) in [6.07, 6.45) is 0. The van der Waals surface area contributed by atoms with E-state index >= 15 is 0 Å². The minimum Gasteiger partial charge on any atom is -0.456 e. The molecule has 0 saturated carbocycles. The molecule has 13 aromatic rings. The molecule has 0 saturated heterocycles. The molecule has 0 aliphatic rings. The number of nitrogens with zero attached hydrogens (tertiary/aromatic N) is 3. The SMILES string of the molecule is c1ccc(-c2cccc3cccc(-c4cccc(-c5nc(-n6c7ccccc7c7cc(-c8cccc9oc%10ccccc%10c89)ccc76)nc6c5ccc5ccccc56)c4)c23)cc1. The molecule has 0 N–H and O–H groups in total. The molecule has 0 unspecified atom stereocenters. The third-order valence-corrected chi connectivity index (χ3v) is 12.6. The zero-order valence-electron chi connectivity index (χ0n) is 33.5.